The van der Waals surface area contributed by atoms with E-state index in [1.54, 1.807) is 0 Å². The molecular weight excluding hydrogens is 239 g/mol. The molecule has 1 rings (SSSR count). The van der Waals surface area contributed by atoms with E-state index in [1.807, 2.05) is 18.2 Å². The van der Waals surface area contributed by atoms with Gasteiger partial charge in [0.1, 0.15) is 6.61 Å². The third-order valence-corrected chi connectivity index (χ3v) is 2.76. The van der Waals surface area contributed by atoms with Gasteiger partial charge in [-0.05, 0) is 24.8 Å². The summed E-state index contributed by atoms with van der Waals surface area (Å²) in [5.74, 6) is -0.120. The van der Waals surface area contributed by atoms with Crippen LogP contribution in [0, 0.1) is 0 Å². The van der Waals surface area contributed by atoms with E-state index < -0.39 is 8.25 Å². The van der Waals surface area contributed by atoms with Gasteiger partial charge in [0.15, 0.2) is 5.78 Å². The Balaban J connectivity index is 2.08. The minimum Gasteiger partial charge on any atom is -0.326 e. The predicted octanol–water partition coefficient (Wildman–Crippen LogP) is 2.37. The fourth-order valence-corrected chi connectivity index (χ4v) is 1.79. The summed E-state index contributed by atoms with van der Waals surface area (Å²) in [7, 11) is -2.97. The molecule has 94 valence electrons. The first-order valence-electron chi connectivity index (χ1n) is 5.60. The van der Waals surface area contributed by atoms with E-state index in [4.69, 9.17) is 4.89 Å². The van der Waals surface area contributed by atoms with Gasteiger partial charge in [-0.3, -0.25) is 9.36 Å². The van der Waals surface area contributed by atoms with Crippen molar-refractivity contribution in [2.75, 3.05) is 6.61 Å². The van der Waals surface area contributed by atoms with E-state index in [9.17, 15) is 9.36 Å². The maximum Gasteiger partial charge on any atom is 0.317 e. The lowest BCUT2D eigenvalue weighted by Gasteiger charge is -2.01. The van der Waals surface area contributed by atoms with Crippen molar-refractivity contribution in [2.24, 2.45) is 0 Å². The highest BCUT2D eigenvalue weighted by atomic mass is 31.1. The van der Waals surface area contributed by atoms with Crippen LogP contribution < -0.4 is 0 Å². The lowest BCUT2D eigenvalue weighted by Crippen LogP contribution is -2.05. The first kappa shape index (κ1) is 14.1. The van der Waals surface area contributed by atoms with Crippen LogP contribution in [0.1, 0.15) is 24.8 Å². The first-order valence-corrected chi connectivity index (χ1v) is 6.86. The number of Topliss-reactive ketones (excluding diaryl/α,β-unsaturated/α-hetero) is 1. The largest absolute Gasteiger partial charge is 0.326 e. The SMILES string of the molecule is O=C(CCCCc1ccccc1)CO[PH](=O)O. The molecule has 0 heterocycles. The Morgan fingerprint density at radius 3 is 2.59 bits per heavy atom. The van der Waals surface area contributed by atoms with Crippen molar-refractivity contribution in [3.63, 3.8) is 0 Å². The summed E-state index contributed by atoms with van der Waals surface area (Å²) < 4.78 is 14.6. The summed E-state index contributed by atoms with van der Waals surface area (Å²) in [6.45, 7) is -0.250. The Kier molecular flexibility index (Phi) is 6.78. The molecule has 17 heavy (non-hydrogen) atoms. The van der Waals surface area contributed by atoms with Gasteiger partial charge < -0.3 is 9.42 Å². The highest BCUT2D eigenvalue weighted by Crippen LogP contribution is 2.14. The fraction of sp³-hybridized carbons (Fsp3) is 0.417. The number of benzene rings is 1. The number of hydrogen-bond donors (Lipinski definition) is 1. The van der Waals surface area contributed by atoms with Crippen LogP contribution in [-0.2, 0) is 20.3 Å². The third kappa shape index (κ3) is 7.05. The molecule has 0 aliphatic rings. The summed E-state index contributed by atoms with van der Waals surface area (Å²) in [5, 5.41) is 0. The van der Waals surface area contributed by atoms with E-state index in [1.165, 1.54) is 5.56 Å². The van der Waals surface area contributed by atoms with E-state index in [0.29, 0.717) is 6.42 Å². The zero-order valence-electron chi connectivity index (χ0n) is 9.59. The Labute approximate surface area is 102 Å². The summed E-state index contributed by atoms with van der Waals surface area (Å²) in [6, 6.07) is 10.1. The second-order valence-electron chi connectivity index (χ2n) is 3.79. The number of aryl methyl sites for hydroxylation is 1. The van der Waals surface area contributed by atoms with Crippen LogP contribution in [0.25, 0.3) is 0 Å². The number of carbonyl (C=O) groups excluding carboxylic acids is 1. The number of ketones is 1. The van der Waals surface area contributed by atoms with Gasteiger partial charge in [0.05, 0.1) is 0 Å². The highest BCUT2D eigenvalue weighted by molar-refractivity contribution is 7.32. The Bertz CT molecular complexity index is 364. The maximum atomic E-state index is 11.2. The number of hydrogen-bond acceptors (Lipinski definition) is 3. The molecule has 0 radical (unpaired) electrons. The number of rotatable bonds is 8. The molecule has 1 N–H and O–H groups in total. The number of carbonyl (C=O) groups is 1. The van der Waals surface area contributed by atoms with Gasteiger partial charge in [-0.2, -0.15) is 0 Å². The monoisotopic (exact) mass is 256 g/mol. The van der Waals surface area contributed by atoms with Gasteiger partial charge in [-0.25, -0.2) is 0 Å². The minimum atomic E-state index is -2.97. The normalized spacial score (nSPS) is 12.3. The Morgan fingerprint density at radius 2 is 1.94 bits per heavy atom. The van der Waals surface area contributed by atoms with Crippen molar-refractivity contribution < 1.29 is 18.8 Å². The van der Waals surface area contributed by atoms with Crippen LogP contribution in [0.4, 0.5) is 0 Å². The average Bonchev–Trinajstić information content (AvgIpc) is 2.33. The molecule has 0 fully saturated rings. The minimum absolute atomic E-state index is 0.120. The molecule has 0 aliphatic heterocycles. The molecular formula is C12H17O4P. The lowest BCUT2D eigenvalue weighted by atomic mass is 10.1. The predicted molar refractivity (Wildman–Crippen MR) is 66.2 cm³/mol. The van der Waals surface area contributed by atoms with Crippen molar-refractivity contribution in [1.29, 1.82) is 0 Å². The third-order valence-electron chi connectivity index (χ3n) is 2.37. The van der Waals surface area contributed by atoms with Crippen molar-refractivity contribution >= 4 is 14.0 Å². The quantitative estimate of drug-likeness (QED) is 0.573. The van der Waals surface area contributed by atoms with Gasteiger partial charge in [0, 0.05) is 6.42 Å². The van der Waals surface area contributed by atoms with Gasteiger partial charge >= 0.3 is 8.25 Å². The average molecular weight is 256 g/mol. The van der Waals surface area contributed by atoms with Crippen LogP contribution >= 0.6 is 8.25 Å². The van der Waals surface area contributed by atoms with E-state index in [2.05, 4.69) is 16.7 Å². The van der Waals surface area contributed by atoms with Crippen molar-refractivity contribution in [3.8, 4) is 0 Å². The molecule has 0 saturated carbocycles. The number of unbranched alkanes of at least 4 members (excludes halogenated alkanes) is 1. The van der Waals surface area contributed by atoms with Crippen molar-refractivity contribution in [1.82, 2.24) is 0 Å². The lowest BCUT2D eigenvalue weighted by molar-refractivity contribution is -0.121. The second kappa shape index (κ2) is 8.18. The van der Waals surface area contributed by atoms with Gasteiger partial charge in [-0.1, -0.05) is 30.3 Å². The van der Waals surface area contributed by atoms with Gasteiger partial charge in [-0.15, -0.1) is 0 Å². The van der Waals surface area contributed by atoms with Crippen LogP contribution in [0.2, 0.25) is 0 Å². The molecule has 0 saturated heterocycles. The summed E-state index contributed by atoms with van der Waals surface area (Å²) >= 11 is 0. The fourth-order valence-electron chi connectivity index (χ4n) is 1.51. The Morgan fingerprint density at radius 1 is 1.24 bits per heavy atom. The molecule has 0 bridgehead atoms. The van der Waals surface area contributed by atoms with E-state index in [0.717, 1.165) is 19.3 Å². The molecule has 5 heteroatoms. The van der Waals surface area contributed by atoms with Crippen molar-refractivity contribution in [2.45, 2.75) is 25.7 Å². The van der Waals surface area contributed by atoms with E-state index >= 15 is 0 Å². The summed E-state index contributed by atoms with van der Waals surface area (Å²) in [5.41, 5.74) is 1.26. The van der Waals surface area contributed by atoms with Gasteiger partial charge in [0.25, 0.3) is 0 Å². The smallest absolute Gasteiger partial charge is 0.317 e. The zero-order chi connectivity index (χ0) is 12.5. The molecule has 1 unspecified atom stereocenters. The molecule has 1 atom stereocenters. The van der Waals surface area contributed by atoms with Crippen LogP contribution in [0.15, 0.2) is 30.3 Å². The molecule has 0 amide bonds. The molecule has 0 aliphatic carbocycles. The van der Waals surface area contributed by atoms with E-state index in [-0.39, 0.29) is 12.4 Å². The molecule has 1 aromatic rings. The van der Waals surface area contributed by atoms with Crippen molar-refractivity contribution in [3.05, 3.63) is 35.9 Å². The molecule has 0 spiro atoms. The standard InChI is InChI=1S/C12H17O4P/c13-12(10-16-17(14)15)9-5-4-8-11-6-2-1-3-7-11/h1-3,6-7,17H,4-5,8-10H2,(H,14,15). The summed E-state index contributed by atoms with van der Waals surface area (Å²) in [4.78, 5) is 19.6. The first-order chi connectivity index (χ1) is 8.18. The molecule has 4 nitrogen and oxygen atoms in total. The zero-order valence-corrected chi connectivity index (χ0v) is 10.6. The van der Waals surface area contributed by atoms with Gasteiger partial charge in [0.2, 0.25) is 0 Å². The summed E-state index contributed by atoms with van der Waals surface area (Å²) in [6.07, 6.45) is 3.07. The van der Waals surface area contributed by atoms with Crippen LogP contribution in [-0.4, -0.2) is 17.3 Å². The second-order valence-corrected chi connectivity index (χ2v) is 4.61. The van der Waals surface area contributed by atoms with Crippen LogP contribution in [0.5, 0.6) is 0 Å². The topological polar surface area (TPSA) is 63.6 Å². The highest BCUT2D eigenvalue weighted by Gasteiger charge is 2.03. The maximum absolute atomic E-state index is 11.2. The Hall–Kier alpha value is -0.960. The van der Waals surface area contributed by atoms with Crippen LogP contribution in [0.3, 0.4) is 0 Å². The molecule has 1 aromatic carbocycles. The molecule has 0 aromatic heterocycles.